The van der Waals surface area contributed by atoms with Crippen LogP contribution >= 0.6 is 0 Å². The van der Waals surface area contributed by atoms with Crippen LogP contribution in [-0.2, 0) is 13.1 Å². The maximum Gasteiger partial charge on any atom is 0.251 e. The number of carbonyl (C=O) groups is 1. The minimum absolute atomic E-state index is 0.00825. The van der Waals surface area contributed by atoms with Crippen LogP contribution in [0.15, 0.2) is 66.7 Å². The SMILES string of the molecule is O=C(NCCCCCOc1cc2nc(c1)CNCCNCCCCNC2)c1cc2cccc3ccc4cccc1c4c32. The number of benzene rings is 4. The van der Waals surface area contributed by atoms with Crippen molar-refractivity contribution in [1.29, 1.82) is 0 Å². The van der Waals surface area contributed by atoms with Gasteiger partial charge in [0.1, 0.15) is 5.75 Å². The normalized spacial score (nSPS) is 15.1. The Morgan fingerprint density at radius 2 is 1.43 bits per heavy atom. The van der Waals surface area contributed by atoms with Crippen molar-refractivity contribution in [3.8, 4) is 5.75 Å². The molecule has 0 saturated carbocycles. The molecule has 1 aromatic heterocycles. The molecule has 0 spiro atoms. The Morgan fingerprint density at radius 3 is 2.26 bits per heavy atom. The van der Waals surface area contributed by atoms with Crippen LogP contribution in [0.25, 0.3) is 32.3 Å². The number of fused-ring (bicyclic) bond motifs is 2. The number of carbonyl (C=O) groups excluding carboxylic acids is 1. The molecular weight excluding hydrogens is 522 g/mol. The molecule has 6 rings (SSSR count). The molecule has 0 saturated heterocycles. The molecule has 42 heavy (non-hydrogen) atoms. The Bertz CT molecular complexity index is 1600. The average molecular weight is 564 g/mol. The highest BCUT2D eigenvalue weighted by molar-refractivity contribution is 6.27. The van der Waals surface area contributed by atoms with E-state index in [1.54, 1.807) is 0 Å². The molecule has 7 heteroatoms. The van der Waals surface area contributed by atoms with E-state index in [1.807, 2.05) is 18.2 Å². The van der Waals surface area contributed by atoms with E-state index in [0.29, 0.717) is 13.2 Å². The van der Waals surface area contributed by atoms with Gasteiger partial charge in [-0.25, -0.2) is 0 Å². The number of nitrogens with zero attached hydrogens (tertiary/aromatic N) is 1. The number of unbranched alkanes of at least 4 members (excludes halogenated alkanes) is 2. The van der Waals surface area contributed by atoms with E-state index in [4.69, 9.17) is 9.72 Å². The van der Waals surface area contributed by atoms with Crippen LogP contribution in [-0.4, -0.2) is 50.2 Å². The van der Waals surface area contributed by atoms with Crippen molar-refractivity contribution < 1.29 is 9.53 Å². The number of ether oxygens (including phenoxy) is 1. The topological polar surface area (TPSA) is 87.3 Å². The molecule has 1 aliphatic heterocycles. The molecule has 218 valence electrons. The van der Waals surface area contributed by atoms with Gasteiger partial charge in [-0.1, -0.05) is 48.5 Å². The highest BCUT2D eigenvalue weighted by Gasteiger charge is 2.16. The van der Waals surface area contributed by atoms with E-state index in [1.165, 1.54) is 28.0 Å². The zero-order valence-electron chi connectivity index (χ0n) is 24.3. The third kappa shape index (κ3) is 6.81. The fourth-order valence-electron chi connectivity index (χ4n) is 5.96. The van der Waals surface area contributed by atoms with Crippen LogP contribution in [0.2, 0.25) is 0 Å². The molecule has 0 radical (unpaired) electrons. The highest BCUT2D eigenvalue weighted by atomic mass is 16.5. The first kappa shape index (κ1) is 28.3. The van der Waals surface area contributed by atoms with E-state index >= 15 is 0 Å². The summed E-state index contributed by atoms with van der Waals surface area (Å²) in [5.41, 5.74) is 2.78. The quantitative estimate of drug-likeness (QED) is 0.147. The minimum Gasteiger partial charge on any atom is -0.493 e. The number of pyridine rings is 1. The monoisotopic (exact) mass is 563 g/mol. The number of hydrogen-bond donors (Lipinski definition) is 4. The number of aromatic nitrogens is 1. The van der Waals surface area contributed by atoms with Crippen LogP contribution < -0.4 is 26.0 Å². The number of nitrogens with one attached hydrogen (secondary N) is 4. The van der Waals surface area contributed by atoms with E-state index < -0.39 is 0 Å². The molecule has 5 aromatic rings. The maximum absolute atomic E-state index is 13.3. The number of rotatable bonds is 8. The number of hydrogen-bond acceptors (Lipinski definition) is 6. The predicted molar refractivity (Wildman–Crippen MR) is 172 cm³/mol. The molecule has 7 nitrogen and oxygen atoms in total. The predicted octanol–water partition coefficient (Wildman–Crippen LogP) is 5.52. The standard InChI is InChI=1S/C35H41N5O2/c41-35(32-20-27-10-6-8-25-12-13-26-9-7-11-31(32)34(26)33(25)27)39-16-2-1-5-19-42-30-21-28-23-37-15-4-3-14-36-17-18-38-24-29(22-30)40-28/h6-13,20-22,36-38H,1-5,14-19,23-24H2,(H,39,41). The molecule has 0 fully saturated rings. The summed E-state index contributed by atoms with van der Waals surface area (Å²) in [5.74, 6) is 0.872. The van der Waals surface area contributed by atoms with Crippen LogP contribution in [0.1, 0.15) is 53.8 Å². The summed E-state index contributed by atoms with van der Waals surface area (Å²) in [5, 5.41) is 20.5. The van der Waals surface area contributed by atoms with Crippen molar-refractivity contribution >= 4 is 38.2 Å². The summed E-state index contributed by atoms with van der Waals surface area (Å²) in [6.07, 6.45) is 5.16. The summed E-state index contributed by atoms with van der Waals surface area (Å²) in [4.78, 5) is 18.1. The van der Waals surface area contributed by atoms with Gasteiger partial charge in [-0.3, -0.25) is 9.78 Å². The van der Waals surface area contributed by atoms with Crippen molar-refractivity contribution in [2.45, 2.75) is 45.2 Å². The summed E-state index contributed by atoms with van der Waals surface area (Å²) in [7, 11) is 0. The third-order valence-corrected chi connectivity index (χ3v) is 8.08. The minimum atomic E-state index is -0.00825. The molecule has 4 aromatic carbocycles. The number of amides is 1. The van der Waals surface area contributed by atoms with Crippen molar-refractivity contribution in [2.75, 3.05) is 39.3 Å². The van der Waals surface area contributed by atoms with Gasteiger partial charge < -0.3 is 26.0 Å². The molecule has 1 amide bonds. The molecule has 0 atom stereocenters. The zero-order chi connectivity index (χ0) is 28.6. The van der Waals surface area contributed by atoms with Crippen LogP contribution in [0.5, 0.6) is 5.75 Å². The molecule has 2 bridgehead atoms. The van der Waals surface area contributed by atoms with E-state index in [2.05, 4.69) is 69.8 Å². The van der Waals surface area contributed by atoms with E-state index in [-0.39, 0.29) is 5.91 Å². The Labute approximate surface area is 247 Å². The lowest BCUT2D eigenvalue weighted by Gasteiger charge is -2.14. The molecular formula is C35H41N5O2. The van der Waals surface area contributed by atoms with Gasteiger partial charge in [-0.05, 0) is 83.6 Å². The first-order chi connectivity index (χ1) is 20.8. The van der Waals surface area contributed by atoms with Crippen molar-refractivity contribution in [3.63, 3.8) is 0 Å². The van der Waals surface area contributed by atoms with Crippen LogP contribution in [0.4, 0.5) is 0 Å². The molecule has 2 heterocycles. The highest BCUT2D eigenvalue weighted by Crippen LogP contribution is 2.36. The van der Waals surface area contributed by atoms with E-state index in [0.717, 1.165) is 98.4 Å². The third-order valence-electron chi connectivity index (χ3n) is 8.08. The first-order valence-corrected chi connectivity index (χ1v) is 15.5. The van der Waals surface area contributed by atoms with Crippen molar-refractivity contribution in [3.05, 3.63) is 83.7 Å². The van der Waals surface area contributed by atoms with Gasteiger partial charge in [0.2, 0.25) is 0 Å². The molecule has 4 N–H and O–H groups in total. The smallest absolute Gasteiger partial charge is 0.251 e. The van der Waals surface area contributed by atoms with Crippen molar-refractivity contribution in [2.24, 2.45) is 0 Å². The summed E-state index contributed by atoms with van der Waals surface area (Å²) in [6.45, 7) is 6.74. The van der Waals surface area contributed by atoms with Crippen LogP contribution in [0, 0.1) is 0 Å². The van der Waals surface area contributed by atoms with Gasteiger partial charge in [0.15, 0.2) is 0 Å². The Morgan fingerprint density at radius 1 is 0.738 bits per heavy atom. The zero-order valence-corrected chi connectivity index (χ0v) is 24.3. The fourth-order valence-corrected chi connectivity index (χ4v) is 5.96. The maximum atomic E-state index is 13.3. The lowest BCUT2D eigenvalue weighted by Crippen LogP contribution is -2.29. The first-order valence-electron chi connectivity index (χ1n) is 15.5. The Hall–Kier alpha value is -3.78. The Balaban J connectivity index is 0.996. The van der Waals surface area contributed by atoms with Gasteiger partial charge in [-0.2, -0.15) is 0 Å². The molecule has 1 aliphatic rings. The average Bonchev–Trinajstić information content (AvgIpc) is 3.01. The van der Waals surface area contributed by atoms with E-state index in [9.17, 15) is 4.79 Å². The summed E-state index contributed by atoms with van der Waals surface area (Å²) in [6, 6.07) is 23.0. The summed E-state index contributed by atoms with van der Waals surface area (Å²) < 4.78 is 6.14. The van der Waals surface area contributed by atoms with Crippen molar-refractivity contribution in [1.82, 2.24) is 26.3 Å². The second kappa shape index (κ2) is 13.9. The molecule has 0 aliphatic carbocycles. The van der Waals surface area contributed by atoms with Crippen LogP contribution in [0.3, 0.4) is 0 Å². The van der Waals surface area contributed by atoms with Gasteiger partial charge in [-0.15, -0.1) is 0 Å². The van der Waals surface area contributed by atoms with Gasteiger partial charge in [0.25, 0.3) is 5.91 Å². The lowest BCUT2D eigenvalue weighted by molar-refractivity contribution is 0.0954. The lowest BCUT2D eigenvalue weighted by atomic mass is 9.91. The van der Waals surface area contributed by atoms with Gasteiger partial charge in [0, 0.05) is 50.4 Å². The van der Waals surface area contributed by atoms with Gasteiger partial charge >= 0.3 is 0 Å². The Kier molecular flexibility index (Phi) is 9.40. The second-order valence-electron chi connectivity index (χ2n) is 11.2. The summed E-state index contributed by atoms with van der Waals surface area (Å²) >= 11 is 0. The largest absolute Gasteiger partial charge is 0.493 e. The van der Waals surface area contributed by atoms with Gasteiger partial charge in [0.05, 0.1) is 18.0 Å². The fraction of sp³-hybridized carbons (Fsp3) is 0.371. The molecule has 0 unspecified atom stereocenters. The second-order valence-corrected chi connectivity index (χ2v) is 11.2.